The summed E-state index contributed by atoms with van der Waals surface area (Å²) in [4.78, 5) is 37.3. The zero-order chi connectivity index (χ0) is 30.9. The summed E-state index contributed by atoms with van der Waals surface area (Å²) in [6, 6.07) is 12.5. The number of nitrogens with zero attached hydrogens (tertiary/aromatic N) is 3. The summed E-state index contributed by atoms with van der Waals surface area (Å²) in [7, 11) is 0. The Morgan fingerprint density at radius 1 is 0.933 bits per heavy atom. The van der Waals surface area contributed by atoms with E-state index in [1.54, 1.807) is 23.1 Å². The Bertz CT molecular complexity index is 1640. The molecule has 2 saturated carbocycles. The highest BCUT2D eigenvalue weighted by molar-refractivity contribution is 8.18. The van der Waals surface area contributed by atoms with Gasteiger partial charge in [-0.15, -0.1) is 11.3 Å². The largest absolute Gasteiger partial charge is 0.322 e. The highest BCUT2D eigenvalue weighted by Crippen LogP contribution is 2.42. The van der Waals surface area contributed by atoms with E-state index >= 15 is 0 Å². The highest BCUT2D eigenvalue weighted by Gasteiger charge is 2.39. The van der Waals surface area contributed by atoms with E-state index in [0.29, 0.717) is 6.04 Å². The van der Waals surface area contributed by atoms with Crippen molar-refractivity contribution in [3.05, 3.63) is 74.3 Å². The summed E-state index contributed by atoms with van der Waals surface area (Å²) in [5.41, 5.74) is 5.98. The first-order valence-corrected chi connectivity index (χ1v) is 18.6. The molecule has 3 aromatic rings. The standard InChI is InChI=1S/C37H44N4O2S2/c1-24-22-26(23-32-35(43)41(29-18-10-5-11-19-29)37(45-32)39-28-16-8-4-9-17-28)25(2)40(24)36-33(30-20-12-13-21-31(30)44-36)34(42)38-27-14-6-3-7-15-27/h3,6-7,14-15,22-23,28-29H,4-5,8-13,16-21H2,1-2H3,(H,38,42). The first kappa shape index (κ1) is 30.5. The summed E-state index contributed by atoms with van der Waals surface area (Å²) in [6.45, 7) is 4.23. The van der Waals surface area contributed by atoms with Crippen molar-refractivity contribution in [1.82, 2.24) is 9.47 Å². The SMILES string of the molecule is Cc1cc(C=C2SC(=NC3CCCCC3)N(C3CCCCC3)C2=O)c(C)n1-c1sc2c(c1C(=O)Nc1ccccc1)CCCC2. The lowest BCUT2D eigenvalue weighted by atomic mass is 9.94. The number of aromatic nitrogens is 1. The fraction of sp³-hybridized carbons (Fsp3) is 0.486. The third-order valence-electron chi connectivity index (χ3n) is 10.0. The second-order valence-electron chi connectivity index (χ2n) is 13.2. The van der Waals surface area contributed by atoms with Crippen LogP contribution in [0.1, 0.15) is 115 Å². The first-order valence-electron chi connectivity index (χ1n) is 17.0. The molecule has 1 N–H and O–H groups in total. The van der Waals surface area contributed by atoms with Crippen molar-refractivity contribution in [2.75, 3.05) is 5.32 Å². The predicted octanol–water partition coefficient (Wildman–Crippen LogP) is 9.22. The zero-order valence-electron chi connectivity index (χ0n) is 26.6. The normalized spacial score (nSPS) is 21.6. The molecule has 236 valence electrons. The van der Waals surface area contributed by atoms with E-state index in [0.717, 1.165) is 94.6 Å². The van der Waals surface area contributed by atoms with Crippen LogP contribution in [-0.2, 0) is 17.6 Å². The van der Waals surface area contributed by atoms with Gasteiger partial charge in [-0.25, -0.2) is 0 Å². The molecule has 7 rings (SSSR count). The van der Waals surface area contributed by atoms with Gasteiger partial charge in [-0.05, 0) is 112 Å². The number of nitrogens with one attached hydrogen (secondary N) is 1. The summed E-state index contributed by atoms with van der Waals surface area (Å²) in [5, 5.41) is 5.08. The number of fused-ring (bicyclic) bond motifs is 1. The molecule has 2 amide bonds. The lowest BCUT2D eigenvalue weighted by Crippen LogP contribution is -2.41. The second kappa shape index (κ2) is 13.3. The van der Waals surface area contributed by atoms with Crippen molar-refractivity contribution in [2.24, 2.45) is 4.99 Å². The Hall–Kier alpha value is -3.10. The maximum Gasteiger partial charge on any atom is 0.267 e. The molecule has 3 heterocycles. The molecular formula is C37H44N4O2S2. The lowest BCUT2D eigenvalue weighted by Gasteiger charge is -2.31. The topological polar surface area (TPSA) is 66.7 Å². The maximum atomic E-state index is 14.1. The number of benzene rings is 1. The van der Waals surface area contributed by atoms with Crippen LogP contribution in [0.5, 0.6) is 0 Å². The monoisotopic (exact) mass is 640 g/mol. The number of hydrogen-bond donors (Lipinski definition) is 1. The minimum Gasteiger partial charge on any atom is -0.322 e. The van der Waals surface area contributed by atoms with E-state index in [4.69, 9.17) is 4.99 Å². The number of hydrogen-bond acceptors (Lipinski definition) is 5. The van der Waals surface area contributed by atoms with Crippen LogP contribution in [0.4, 0.5) is 5.69 Å². The molecule has 0 spiro atoms. The number of aliphatic imine (C=N–C) groups is 1. The number of amides is 2. The number of thiophene rings is 1. The molecule has 0 radical (unpaired) electrons. The van der Waals surface area contributed by atoms with Gasteiger partial charge in [0.2, 0.25) is 0 Å². The van der Waals surface area contributed by atoms with Crippen LogP contribution in [0.2, 0.25) is 0 Å². The van der Waals surface area contributed by atoms with Crippen LogP contribution >= 0.6 is 23.1 Å². The molecule has 0 unspecified atom stereocenters. The molecule has 1 aromatic carbocycles. The van der Waals surface area contributed by atoms with Crippen LogP contribution in [0.3, 0.4) is 0 Å². The van der Waals surface area contributed by atoms with E-state index in [1.807, 2.05) is 30.3 Å². The van der Waals surface area contributed by atoms with Gasteiger partial charge in [0.1, 0.15) is 5.00 Å². The molecule has 1 aliphatic heterocycles. The summed E-state index contributed by atoms with van der Waals surface area (Å²) in [5.74, 6) is 0.0667. The summed E-state index contributed by atoms with van der Waals surface area (Å²) < 4.78 is 2.25. The van der Waals surface area contributed by atoms with Crippen LogP contribution in [0, 0.1) is 13.8 Å². The summed E-state index contributed by atoms with van der Waals surface area (Å²) >= 11 is 3.34. The van der Waals surface area contributed by atoms with Crippen molar-refractivity contribution >= 4 is 51.8 Å². The maximum absolute atomic E-state index is 14.1. The summed E-state index contributed by atoms with van der Waals surface area (Å²) in [6.07, 6.45) is 18.1. The molecule has 0 atom stereocenters. The molecule has 6 nitrogen and oxygen atoms in total. The third-order valence-corrected chi connectivity index (χ3v) is 12.3. The number of amidine groups is 1. The van der Waals surface area contributed by atoms with Crippen molar-refractivity contribution in [3.8, 4) is 5.00 Å². The van der Waals surface area contributed by atoms with E-state index in [-0.39, 0.29) is 17.9 Å². The van der Waals surface area contributed by atoms with Gasteiger partial charge in [-0.3, -0.25) is 19.5 Å². The van der Waals surface area contributed by atoms with E-state index < -0.39 is 0 Å². The van der Waals surface area contributed by atoms with E-state index in [1.165, 1.54) is 49.0 Å². The highest BCUT2D eigenvalue weighted by atomic mass is 32.2. The minimum atomic E-state index is -0.0452. The van der Waals surface area contributed by atoms with Gasteiger partial charge in [-0.1, -0.05) is 56.7 Å². The van der Waals surface area contributed by atoms with Gasteiger partial charge in [0.25, 0.3) is 11.8 Å². The van der Waals surface area contributed by atoms with Crippen molar-refractivity contribution in [3.63, 3.8) is 0 Å². The van der Waals surface area contributed by atoms with Crippen LogP contribution in [-0.4, -0.2) is 38.5 Å². The van der Waals surface area contributed by atoms with Gasteiger partial charge in [-0.2, -0.15) is 0 Å². The third kappa shape index (κ3) is 6.20. The van der Waals surface area contributed by atoms with Gasteiger partial charge in [0, 0.05) is 28.0 Å². The Balaban J connectivity index is 1.24. The zero-order valence-corrected chi connectivity index (χ0v) is 28.2. The van der Waals surface area contributed by atoms with Crippen molar-refractivity contribution < 1.29 is 9.59 Å². The number of carbonyl (C=O) groups is 2. The molecule has 1 saturated heterocycles. The number of anilines is 1. The van der Waals surface area contributed by atoms with Crippen LogP contribution in [0.15, 0.2) is 46.3 Å². The fourth-order valence-electron chi connectivity index (χ4n) is 7.65. The van der Waals surface area contributed by atoms with Gasteiger partial charge in [0.15, 0.2) is 5.17 Å². The number of thioether (sulfide) groups is 1. The molecule has 2 aromatic heterocycles. The number of carbonyl (C=O) groups excluding carboxylic acids is 2. The molecule has 45 heavy (non-hydrogen) atoms. The minimum absolute atomic E-state index is 0.0452. The predicted molar refractivity (Wildman–Crippen MR) is 188 cm³/mol. The smallest absolute Gasteiger partial charge is 0.267 e. The lowest BCUT2D eigenvalue weighted by molar-refractivity contribution is -0.124. The first-order chi connectivity index (χ1) is 22.0. The number of aryl methyl sites for hydroxylation is 2. The number of para-hydroxylation sites is 1. The van der Waals surface area contributed by atoms with E-state index in [9.17, 15) is 9.59 Å². The molecule has 4 aliphatic rings. The van der Waals surface area contributed by atoms with Gasteiger partial charge >= 0.3 is 0 Å². The van der Waals surface area contributed by atoms with Gasteiger partial charge < -0.3 is 9.88 Å². The Kier molecular flexibility index (Phi) is 9.05. The van der Waals surface area contributed by atoms with Crippen LogP contribution in [0.25, 0.3) is 11.1 Å². The van der Waals surface area contributed by atoms with Crippen molar-refractivity contribution in [2.45, 2.75) is 116 Å². The van der Waals surface area contributed by atoms with Crippen molar-refractivity contribution in [1.29, 1.82) is 0 Å². The fourth-order valence-corrected chi connectivity index (χ4v) is 10.2. The molecule has 8 heteroatoms. The molecular weight excluding hydrogens is 597 g/mol. The average Bonchev–Trinajstić information content (AvgIpc) is 3.68. The van der Waals surface area contributed by atoms with Crippen LogP contribution < -0.4 is 5.32 Å². The molecule has 3 fully saturated rings. The average molecular weight is 641 g/mol. The second-order valence-corrected chi connectivity index (χ2v) is 15.2. The molecule has 0 bridgehead atoms. The Morgan fingerprint density at radius 3 is 2.40 bits per heavy atom. The van der Waals surface area contributed by atoms with Gasteiger partial charge in [0.05, 0.1) is 16.5 Å². The molecule has 3 aliphatic carbocycles. The quantitative estimate of drug-likeness (QED) is 0.273. The Morgan fingerprint density at radius 2 is 1.64 bits per heavy atom. The van der Waals surface area contributed by atoms with E-state index in [2.05, 4.69) is 40.8 Å². The number of rotatable bonds is 6. The Labute approximate surface area is 275 Å².